The van der Waals surface area contributed by atoms with Crippen molar-refractivity contribution in [1.82, 2.24) is 10.2 Å². The highest BCUT2D eigenvalue weighted by atomic mass is 79.9. The summed E-state index contributed by atoms with van der Waals surface area (Å²) in [5, 5.41) is 3.02. The number of hydrogen-bond acceptors (Lipinski definition) is 4. The molecule has 0 unspecified atom stereocenters. The molecule has 0 aliphatic carbocycles. The van der Waals surface area contributed by atoms with Gasteiger partial charge in [-0.3, -0.25) is 13.9 Å². The quantitative estimate of drug-likeness (QED) is 0.163. The van der Waals surface area contributed by atoms with Gasteiger partial charge in [0.1, 0.15) is 12.6 Å². The van der Waals surface area contributed by atoms with Crippen molar-refractivity contribution in [2.45, 2.75) is 58.5 Å². The van der Waals surface area contributed by atoms with E-state index in [4.69, 9.17) is 0 Å². The summed E-state index contributed by atoms with van der Waals surface area (Å²) in [7, 11) is -4.16. The van der Waals surface area contributed by atoms with Crippen molar-refractivity contribution in [2.24, 2.45) is 5.92 Å². The molecule has 46 heavy (non-hydrogen) atoms. The van der Waals surface area contributed by atoms with Gasteiger partial charge in [-0.2, -0.15) is 0 Å². The van der Waals surface area contributed by atoms with E-state index in [0.717, 1.165) is 32.3 Å². The summed E-state index contributed by atoms with van der Waals surface area (Å²) in [5.41, 5.74) is 4.73. The van der Waals surface area contributed by atoms with E-state index in [-0.39, 0.29) is 29.7 Å². The Morgan fingerprint density at radius 3 is 2.02 bits per heavy atom. The monoisotopic (exact) mass is 703 g/mol. The number of nitrogens with one attached hydrogen (secondary N) is 1. The molecular weight excluding hydrogens is 662 g/mol. The summed E-state index contributed by atoms with van der Waals surface area (Å²) >= 11 is 3.52. The van der Waals surface area contributed by atoms with Crippen LogP contribution < -0.4 is 9.62 Å². The average Bonchev–Trinajstić information content (AvgIpc) is 3.00. The summed E-state index contributed by atoms with van der Waals surface area (Å²) in [6.07, 6.45) is 0.263. The number of sulfonamides is 1. The Morgan fingerprint density at radius 1 is 0.783 bits per heavy atom. The van der Waals surface area contributed by atoms with Crippen LogP contribution in [0.25, 0.3) is 0 Å². The Morgan fingerprint density at radius 2 is 1.41 bits per heavy atom. The lowest BCUT2D eigenvalue weighted by Gasteiger charge is -2.34. The fraction of sp³-hybridized carbons (Fsp3) is 0.297. The van der Waals surface area contributed by atoms with Crippen LogP contribution in [0, 0.1) is 26.7 Å². The number of carbonyl (C=O) groups is 2. The molecule has 0 radical (unpaired) electrons. The molecule has 0 spiro atoms. The molecule has 1 atom stereocenters. The van der Waals surface area contributed by atoms with Crippen LogP contribution in [-0.2, 0) is 32.6 Å². The first kappa shape index (κ1) is 34.9. The highest BCUT2D eigenvalue weighted by Gasteiger charge is 2.34. The second-order valence-corrected chi connectivity index (χ2v) is 14.9. The van der Waals surface area contributed by atoms with Crippen LogP contribution in [-0.4, -0.2) is 44.3 Å². The molecule has 1 N–H and O–H groups in total. The molecule has 4 aromatic carbocycles. The molecule has 0 aromatic heterocycles. The average molecular weight is 705 g/mol. The van der Waals surface area contributed by atoms with E-state index in [2.05, 4.69) is 21.2 Å². The van der Waals surface area contributed by atoms with Gasteiger partial charge in [0, 0.05) is 24.0 Å². The SMILES string of the molecule is Cc1ccc(S(=O)(=O)N(CC(=O)N(Cc2cccc(Br)c2)[C@H](Cc2ccccc2)C(=O)NCC(C)C)c2cc(C)cc(C)c2)cc1. The van der Waals surface area contributed by atoms with E-state index in [0.29, 0.717) is 12.2 Å². The number of benzene rings is 4. The largest absolute Gasteiger partial charge is 0.354 e. The fourth-order valence-corrected chi connectivity index (χ4v) is 7.11. The van der Waals surface area contributed by atoms with Gasteiger partial charge in [-0.1, -0.05) is 96.0 Å². The molecule has 0 aliphatic rings. The molecule has 0 fully saturated rings. The van der Waals surface area contributed by atoms with E-state index < -0.39 is 28.5 Å². The summed E-state index contributed by atoms with van der Waals surface area (Å²) < 4.78 is 30.5. The number of halogens is 1. The van der Waals surface area contributed by atoms with Gasteiger partial charge in [-0.15, -0.1) is 0 Å². The van der Waals surface area contributed by atoms with Crippen molar-refractivity contribution in [1.29, 1.82) is 0 Å². The maximum Gasteiger partial charge on any atom is 0.264 e. The standard InChI is InChI=1S/C37H42BrN3O4S/c1-26(2)23-39-37(43)35(22-30-10-7-6-8-11-30)40(24-31-12-9-13-32(38)21-31)36(42)25-41(33-19-28(4)18-29(5)20-33)46(44,45)34-16-14-27(3)15-17-34/h6-21,26,35H,22-25H2,1-5H3,(H,39,43)/t35-/m1/s1. The number of amides is 2. The van der Waals surface area contributed by atoms with Crippen molar-refractivity contribution in [3.63, 3.8) is 0 Å². The third-order valence-electron chi connectivity index (χ3n) is 7.58. The fourth-order valence-electron chi connectivity index (χ4n) is 5.27. The minimum atomic E-state index is -4.16. The number of anilines is 1. The summed E-state index contributed by atoms with van der Waals surface area (Å²) in [5.74, 6) is -0.578. The molecular formula is C37H42BrN3O4S. The zero-order valence-electron chi connectivity index (χ0n) is 27.0. The molecule has 4 aromatic rings. The van der Waals surface area contributed by atoms with Gasteiger partial charge >= 0.3 is 0 Å². The Bertz CT molecular complexity index is 1740. The van der Waals surface area contributed by atoms with Gasteiger partial charge in [-0.05, 0) is 85.3 Å². The number of carbonyl (C=O) groups excluding carboxylic acids is 2. The lowest BCUT2D eigenvalue weighted by Crippen LogP contribution is -2.53. The summed E-state index contributed by atoms with van der Waals surface area (Å²) in [4.78, 5) is 30.1. The normalized spacial score (nSPS) is 12.1. The third kappa shape index (κ3) is 9.30. The first-order chi connectivity index (χ1) is 21.8. The van der Waals surface area contributed by atoms with Crippen LogP contribution in [0.2, 0.25) is 0 Å². The minimum Gasteiger partial charge on any atom is -0.354 e. The molecule has 0 bridgehead atoms. The molecule has 0 saturated heterocycles. The van der Waals surface area contributed by atoms with Crippen LogP contribution in [0.5, 0.6) is 0 Å². The molecule has 242 valence electrons. The molecule has 9 heteroatoms. The van der Waals surface area contributed by atoms with Crippen LogP contribution in [0.15, 0.2) is 106 Å². The van der Waals surface area contributed by atoms with Gasteiger partial charge in [-0.25, -0.2) is 8.42 Å². The van der Waals surface area contributed by atoms with Crippen molar-refractivity contribution in [3.8, 4) is 0 Å². The van der Waals surface area contributed by atoms with Crippen molar-refractivity contribution >= 4 is 43.5 Å². The van der Waals surface area contributed by atoms with E-state index in [1.165, 1.54) is 9.21 Å². The van der Waals surface area contributed by atoms with Gasteiger partial charge in [0.05, 0.1) is 10.6 Å². The van der Waals surface area contributed by atoms with E-state index >= 15 is 0 Å². The lowest BCUT2D eigenvalue weighted by molar-refractivity contribution is -0.140. The highest BCUT2D eigenvalue weighted by molar-refractivity contribution is 9.10. The third-order valence-corrected chi connectivity index (χ3v) is 9.86. The Hall–Kier alpha value is -3.95. The lowest BCUT2D eigenvalue weighted by atomic mass is 10.0. The highest BCUT2D eigenvalue weighted by Crippen LogP contribution is 2.27. The molecule has 2 amide bonds. The van der Waals surface area contributed by atoms with Gasteiger partial charge in [0.2, 0.25) is 11.8 Å². The van der Waals surface area contributed by atoms with E-state index in [9.17, 15) is 18.0 Å². The molecule has 0 aliphatic heterocycles. The second-order valence-electron chi connectivity index (χ2n) is 12.2. The topological polar surface area (TPSA) is 86.8 Å². The number of rotatable bonds is 13. The number of nitrogens with zero attached hydrogens (tertiary/aromatic N) is 2. The zero-order chi connectivity index (χ0) is 33.4. The van der Waals surface area contributed by atoms with Crippen LogP contribution in [0.3, 0.4) is 0 Å². The van der Waals surface area contributed by atoms with Crippen molar-refractivity contribution in [2.75, 3.05) is 17.4 Å². The smallest absolute Gasteiger partial charge is 0.264 e. The number of hydrogen-bond donors (Lipinski definition) is 1. The predicted octanol–water partition coefficient (Wildman–Crippen LogP) is 6.98. The first-order valence-electron chi connectivity index (χ1n) is 15.4. The van der Waals surface area contributed by atoms with Gasteiger partial charge in [0.15, 0.2) is 0 Å². The Kier molecular flexibility index (Phi) is 11.8. The van der Waals surface area contributed by atoms with Crippen molar-refractivity contribution < 1.29 is 18.0 Å². The van der Waals surface area contributed by atoms with Gasteiger partial charge in [0.25, 0.3) is 10.0 Å². The first-order valence-corrected chi connectivity index (χ1v) is 17.6. The Labute approximate surface area is 281 Å². The van der Waals surface area contributed by atoms with Gasteiger partial charge < -0.3 is 10.2 Å². The molecule has 0 heterocycles. The van der Waals surface area contributed by atoms with Crippen LogP contribution in [0.4, 0.5) is 5.69 Å². The zero-order valence-corrected chi connectivity index (χ0v) is 29.4. The predicted molar refractivity (Wildman–Crippen MR) is 188 cm³/mol. The molecule has 4 rings (SSSR count). The molecule has 0 saturated carbocycles. The molecule has 7 nitrogen and oxygen atoms in total. The minimum absolute atomic E-state index is 0.0825. The maximum absolute atomic E-state index is 14.6. The summed E-state index contributed by atoms with van der Waals surface area (Å²) in [6.45, 7) is 9.75. The van der Waals surface area contributed by atoms with Crippen LogP contribution >= 0.6 is 15.9 Å². The van der Waals surface area contributed by atoms with E-state index in [1.54, 1.807) is 36.4 Å². The van der Waals surface area contributed by atoms with E-state index in [1.807, 2.05) is 95.3 Å². The number of aryl methyl sites for hydroxylation is 3. The van der Waals surface area contributed by atoms with Crippen molar-refractivity contribution in [3.05, 3.63) is 129 Å². The van der Waals surface area contributed by atoms with Crippen LogP contribution in [0.1, 0.15) is 41.7 Å². The summed E-state index contributed by atoms with van der Waals surface area (Å²) in [6, 6.07) is 28.3. The Balaban J connectivity index is 1.82. The maximum atomic E-state index is 14.6. The second kappa shape index (κ2) is 15.6.